The van der Waals surface area contributed by atoms with Gasteiger partial charge in [-0.3, -0.25) is 4.79 Å². The van der Waals surface area contributed by atoms with E-state index < -0.39 is 0 Å². The van der Waals surface area contributed by atoms with Gasteiger partial charge >= 0.3 is 0 Å². The molecule has 1 amide bonds. The Kier molecular flexibility index (Phi) is 5.70. The Morgan fingerprint density at radius 1 is 1.36 bits per heavy atom. The summed E-state index contributed by atoms with van der Waals surface area (Å²) in [5.74, 6) is 0.143. The lowest BCUT2D eigenvalue weighted by Gasteiger charge is -2.06. The molecule has 128 valence electrons. The van der Waals surface area contributed by atoms with Crippen LogP contribution in [0.15, 0.2) is 50.8 Å². The summed E-state index contributed by atoms with van der Waals surface area (Å²) in [6, 6.07) is 11.1. The molecule has 25 heavy (non-hydrogen) atoms. The lowest BCUT2D eigenvalue weighted by molar-refractivity contribution is -0.115. The summed E-state index contributed by atoms with van der Waals surface area (Å²) in [6.07, 6.45) is 1.73. The molecule has 5 nitrogen and oxygen atoms in total. The van der Waals surface area contributed by atoms with Gasteiger partial charge < -0.3 is 15.2 Å². The number of amidine groups is 1. The summed E-state index contributed by atoms with van der Waals surface area (Å²) in [5.41, 5.74) is 1.51. The van der Waals surface area contributed by atoms with Crippen LogP contribution in [0.2, 0.25) is 0 Å². The van der Waals surface area contributed by atoms with Gasteiger partial charge in [-0.15, -0.1) is 0 Å². The Hall–Kier alpha value is -1.52. The minimum absolute atomic E-state index is 0.0223. The first kappa shape index (κ1) is 18.3. The topological polar surface area (TPSA) is 70.9 Å². The number of thioether (sulfide) groups is 1. The number of ether oxygens (including phenoxy) is 1. The second-order valence-corrected chi connectivity index (χ2v) is 8.15. The molecule has 2 N–H and O–H groups in total. The number of hydrogen-bond acceptors (Lipinski definition) is 5. The van der Waals surface area contributed by atoms with Crippen LogP contribution in [0.3, 0.4) is 0 Å². The number of nitrogens with zero attached hydrogens (tertiary/aromatic N) is 1. The zero-order chi connectivity index (χ0) is 18.0. The fraction of sp³-hybridized carbons (Fsp3) is 0.0588. The van der Waals surface area contributed by atoms with Crippen molar-refractivity contribution < 1.29 is 14.6 Å². The van der Waals surface area contributed by atoms with Gasteiger partial charge in [0.15, 0.2) is 16.7 Å². The van der Waals surface area contributed by atoms with Crippen molar-refractivity contribution in [1.82, 2.24) is 5.32 Å². The Morgan fingerprint density at radius 2 is 2.16 bits per heavy atom. The molecular weight excluding hydrogens is 519 g/mol. The van der Waals surface area contributed by atoms with Crippen molar-refractivity contribution in [3.8, 4) is 11.5 Å². The van der Waals surface area contributed by atoms with Gasteiger partial charge in [-0.05, 0) is 92.3 Å². The first-order valence-corrected chi connectivity index (χ1v) is 9.77. The number of rotatable bonds is 3. The van der Waals surface area contributed by atoms with Crippen LogP contribution in [-0.2, 0) is 4.79 Å². The van der Waals surface area contributed by atoms with Crippen molar-refractivity contribution in [2.24, 2.45) is 4.99 Å². The number of aromatic hydroxyl groups is 1. The molecule has 1 heterocycles. The first-order valence-electron chi connectivity index (χ1n) is 7.08. The average Bonchev–Trinajstić information content (AvgIpc) is 2.90. The monoisotopic (exact) mass is 530 g/mol. The highest BCUT2D eigenvalue weighted by Gasteiger charge is 2.24. The number of carbonyl (C=O) groups excluding carboxylic acids is 1. The van der Waals surface area contributed by atoms with E-state index in [2.05, 4.69) is 48.8 Å². The van der Waals surface area contributed by atoms with Gasteiger partial charge in [-0.1, -0.05) is 6.07 Å². The molecule has 1 aliphatic rings. The molecule has 3 rings (SSSR count). The van der Waals surface area contributed by atoms with E-state index in [1.165, 1.54) is 18.9 Å². The van der Waals surface area contributed by atoms with Crippen LogP contribution >= 0.6 is 50.3 Å². The fourth-order valence-electron chi connectivity index (χ4n) is 2.13. The number of carbonyl (C=O) groups is 1. The molecule has 2 aromatic rings. The summed E-state index contributed by atoms with van der Waals surface area (Å²) in [4.78, 5) is 17.1. The van der Waals surface area contributed by atoms with E-state index >= 15 is 0 Å². The molecule has 1 saturated heterocycles. The zero-order valence-corrected chi connectivity index (χ0v) is 17.5. The van der Waals surface area contributed by atoms with Gasteiger partial charge in [-0.25, -0.2) is 4.99 Å². The number of amides is 1. The molecule has 0 saturated carbocycles. The quantitative estimate of drug-likeness (QED) is 0.447. The lowest BCUT2D eigenvalue weighted by atomic mass is 10.2. The molecule has 0 unspecified atom stereocenters. The molecule has 0 radical (unpaired) electrons. The largest absolute Gasteiger partial charge is 0.503 e. The molecule has 8 heteroatoms. The van der Waals surface area contributed by atoms with Crippen LogP contribution in [0, 0.1) is 3.57 Å². The third kappa shape index (κ3) is 4.36. The van der Waals surface area contributed by atoms with Gasteiger partial charge in [-0.2, -0.15) is 0 Å². The SMILES string of the molecule is COc1cc(/C=C2/SC(=Nc3cccc(I)c3)NC2=O)cc(Br)c1O. The number of nitrogens with one attached hydrogen (secondary N) is 1. The number of aliphatic imine (C=N–C) groups is 1. The minimum atomic E-state index is -0.211. The number of methoxy groups -OCH3 is 1. The first-order chi connectivity index (χ1) is 12.0. The highest BCUT2D eigenvalue weighted by molar-refractivity contribution is 14.1. The smallest absolute Gasteiger partial charge is 0.264 e. The Bertz CT molecular complexity index is 915. The van der Waals surface area contributed by atoms with Crippen molar-refractivity contribution in [3.63, 3.8) is 0 Å². The van der Waals surface area contributed by atoms with Gasteiger partial charge in [0, 0.05) is 3.57 Å². The van der Waals surface area contributed by atoms with Gasteiger partial charge in [0.25, 0.3) is 5.91 Å². The van der Waals surface area contributed by atoms with Crippen LogP contribution < -0.4 is 10.1 Å². The van der Waals surface area contributed by atoms with E-state index in [1.54, 1.807) is 18.2 Å². The predicted molar refractivity (Wildman–Crippen MR) is 112 cm³/mol. The Labute approximate surface area is 170 Å². The summed E-state index contributed by atoms with van der Waals surface area (Å²) >= 11 is 6.76. The van der Waals surface area contributed by atoms with E-state index in [-0.39, 0.29) is 11.7 Å². The Morgan fingerprint density at radius 3 is 2.88 bits per heavy atom. The fourth-order valence-corrected chi connectivity index (χ4v) is 3.96. The summed E-state index contributed by atoms with van der Waals surface area (Å²) < 4.78 is 6.70. The number of phenolic OH excluding ortho intramolecular Hbond substituents is 1. The summed E-state index contributed by atoms with van der Waals surface area (Å²) in [6.45, 7) is 0. The van der Waals surface area contributed by atoms with Crippen LogP contribution in [0.25, 0.3) is 6.08 Å². The van der Waals surface area contributed by atoms with Gasteiger partial charge in [0.05, 0.1) is 22.2 Å². The molecule has 0 aromatic heterocycles. The number of benzene rings is 2. The molecule has 0 atom stereocenters. The van der Waals surface area contributed by atoms with Crippen molar-refractivity contribution in [3.05, 3.63) is 54.9 Å². The van der Waals surface area contributed by atoms with Crippen LogP contribution in [-0.4, -0.2) is 23.3 Å². The summed E-state index contributed by atoms with van der Waals surface area (Å²) in [5, 5.41) is 13.2. The van der Waals surface area contributed by atoms with E-state index in [1.807, 2.05) is 24.3 Å². The zero-order valence-electron chi connectivity index (χ0n) is 12.9. The third-order valence-corrected chi connectivity index (χ3v) is 5.44. The van der Waals surface area contributed by atoms with Gasteiger partial charge in [0.2, 0.25) is 0 Å². The second-order valence-electron chi connectivity index (χ2n) is 5.02. The average molecular weight is 531 g/mol. The highest BCUT2D eigenvalue weighted by atomic mass is 127. The molecule has 2 aromatic carbocycles. The Balaban J connectivity index is 1.88. The lowest BCUT2D eigenvalue weighted by Crippen LogP contribution is -2.19. The number of hydrogen-bond donors (Lipinski definition) is 2. The van der Waals surface area contributed by atoms with Crippen molar-refractivity contribution in [1.29, 1.82) is 0 Å². The maximum absolute atomic E-state index is 12.2. The molecule has 1 fully saturated rings. The predicted octanol–water partition coefficient (Wildman–Crippen LogP) is 4.66. The minimum Gasteiger partial charge on any atom is -0.503 e. The van der Waals surface area contributed by atoms with Crippen LogP contribution in [0.1, 0.15) is 5.56 Å². The van der Waals surface area contributed by atoms with Crippen molar-refractivity contribution in [2.75, 3.05) is 7.11 Å². The number of phenols is 1. The second kappa shape index (κ2) is 7.79. The normalized spacial score (nSPS) is 17.2. The van der Waals surface area contributed by atoms with Crippen LogP contribution in [0.4, 0.5) is 5.69 Å². The van der Waals surface area contributed by atoms with Crippen LogP contribution in [0.5, 0.6) is 11.5 Å². The van der Waals surface area contributed by atoms with E-state index in [0.717, 1.165) is 14.8 Å². The van der Waals surface area contributed by atoms with E-state index in [0.29, 0.717) is 20.3 Å². The number of halogens is 2. The van der Waals surface area contributed by atoms with E-state index in [9.17, 15) is 9.90 Å². The van der Waals surface area contributed by atoms with Crippen molar-refractivity contribution >= 4 is 73.1 Å². The standard InChI is InChI=1S/C17H12BrIN2O3S/c1-24-13-6-9(5-12(18)15(13)22)7-14-16(23)21-17(25-14)20-11-4-2-3-10(19)8-11/h2-8,22H,1H3,(H,20,21,23)/b14-7+. The maximum atomic E-state index is 12.2. The summed E-state index contributed by atoms with van der Waals surface area (Å²) in [7, 11) is 1.47. The van der Waals surface area contributed by atoms with Gasteiger partial charge in [0.1, 0.15) is 0 Å². The molecule has 1 aliphatic heterocycles. The molecule has 0 aliphatic carbocycles. The molecule has 0 spiro atoms. The molecular formula is C17H12BrIN2O3S. The third-order valence-electron chi connectivity index (χ3n) is 3.26. The molecule has 0 bridgehead atoms. The maximum Gasteiger partial charge on any atom is 0.264 e. The highest BCUT2D eigenvalue weighted by Crippen LogP contribution is 2.37. The van der Waals surface area contributed by atoms with E-state index in [4.69, 9.17) is 4.74 Å². The van der Waals surface area contributed by atoms with Crippen molar-refractivity contribution in [2.45, 2.75) is 0 Å².